The Hall–Kier alpha value is -1.29. The number of nitrogen functional groups attached to an aromatic ring is 1. The molecular weight excluding hydrogens is 304 g/mol. The van der Waals surface area contributed by atoms with Crippen molar-refractivity contribution in [3.8, 4) is 11.1 Å². The molecule has 0 saturated heterocycles. The lowest BCUT2D eigenvalue weighted by atomic mass is 9.90. The van der Waals surface area contributed by atoms with E-state index < -0.39 is 0 Å². The fourth-order valence-corrected chi connectivity index (χ4v) is 3.52. The summed E-state index contributed by atoms with van der Waals surface area (Å²) in [5.41, 5.74) is 8.06. The van der Waals surface area contributed by atoms with Crippen LogP contribution in [0, 0.1) is 5.92 Å². The van der Waals surface area contributed by atoms with Crippen molar-refractivity contribution in [2.75, 3.05) is 5.73 Å². The van der Waals surface area contributed by atoms with Crippen molar-refractivity contribution < 1.29 is 4.52 Å². The Morgan fingerprint density at radius 2 is 2.11 bits per heavy atom. The molecule has 1 saturated carbocycles. The summed E-state index contributed by atoms with van der Waals surface area (Å²) in [6, 6.07) is 8.07. The van der Waals surface area contributed by atoms with Crippen LogP contribution in [0.25, 0.3) is 11.1 Å². The zero-order valence-electron chi connectivity index (χ0n) is 10.9. The van der Waals surface area contributed by atoms with Crippen LogP contribution >= 0.6 is 15.9 Å². The van der Waals surface area contributed by atoms with Crippen molar-refractivity contribution in [1.29, 1.82) is 0 Å². The molecule has 0 aliphatic heterocycles. The average Bonchev–Trinajstić information content (AvgIpc) is 2.96. The van der Waals surface area contributed by atoms with Crippen LogP contribution < -0.4 is 5.73 Å². The molecule has 2 aromatic rings. The van der Waals surface area contributed by atoms with Crippen LogP contribution in [-0.4, -0.2) is 5.16 Å². The molecule has 100 valence electrons. The van der Waals surface area contributed by atoms with E-state index in [0.717, 1.165) is 27.8 Å². The topological polar surface area (TPSA) is 52.0 Å². The highest BCUT2D eigenvalue weighted by Crippen LogP contribution is 2.45. The van der Waals surface area contributed by atoms with E-state index in [1.807, 2.05) is 18.2 Å². The summed E-state index contributed by atoms with van der Waals surface area (Å²) in [4.78, 5) is 0. The van der Waals surface area contributed by atoms with E-state index in [9.17, 15) is 0 Å². The summed E-state index contributed by atoms with van der Waals surface area (Å²) in [6.07, 6.45) is 3.66. The molecule has 1 aliphatic rings. The fraction of sp³-hybridized carbons (Fsp3) is 0.400. The SMILES string of the molecule is CC1CCCC1c1onc(N)c1-c1ccccc1Br. The maximum absolute atomic E-state index is 6.03. The minimum Gasteiger partial charge on any atom is -0.380 e. The van der Waals surface area contributed by atoms with Crippen molar-refractivity contribution in [3.05, 3.63) is 34.5 Å². The smallest absolute Gasteiger partial charge is 0.175 e. The molecule has 0 bridgehead atoms. The third-order valence-corrected chi connectivity index (χ3v) is 4.78. The lowest BCUT2D eigenvalue weighted by Crippen LogP contribution is -2.03. The molecule has 2 atom stereocenters. The predicted octanol–water partition coefficient (Wildman–Crippen LogP) is 4.59. The van der Waals surface area contributed by atoms with Gasteiger partial charge in [-0.25, -0.2) is 0 Å². The number of anilines is 1. The van der Waals surface area contributed by atoms with Gasteiger partial charge in [-0.2, -0.15) is 0 Å². The highest BCUT2D eigenvalue weighted by Gasteiger charge is 2.32. The second kappa shape index (κ2) is 5.00. The van der Waals surface area contributed by atoms with Crippen LogP contribution in [-0.2, 0) is 0 Å². The summed E-state index contributed by atoms with van der Waals surface area (Å²) in [6.45, 7) is 2.28. The summed E-state index contributed by atoms with van der Waals surface area (Å²) in [5, 5.41) is 4.00. The maximum atomic E-state index is 6.03. The summed E-state index contributed by atoms with van der Waals surface area (Å²) >= 11 is 3.58. The van der Waals surface area contributed by atoms with Crippen LogP contribution in [0.15, 0.2) is 33.3 Å². The van der Waals surface area contributed by atoms with E-state index in [-0.39, 0.29) is 0 Å². The Morgan fingerprint density at radius 1 is 1.32 bits per heavy atom. The van der Waals surface area contributed by atoms with Gasteiger partial charge in [-0.3, -0.25) is 0 Å². The molecular formula is C15H17BrN2O. The molecule has 0 amide bonds. The molecule has 1 aromatic carbocycles. The Morgan fingerprint density at radius 3 is 2.79 bits per heavy atom. The van der Waals surface area contributed by atoms with Crippen molar-refractivity contribution >= 4 is 21.7 Å². The highest BCUT2D eigenvalue weighted by atomic mass is 79.9. The molecule has 3 rings (SSSR count). The number of benzene rings is 1. The predicted molar refractivity (Wildman–Crippen MR) is 79.8 cm³/mol. The lowest BCUT2D eigenvalue weighted by Gasteiger charge is -2.14. The van der Waals surface area contributed by atoms with Crippen molar-refractivity contribution in [3.63, 3.8) is 0 Å². The fourth-order valence-electron chi connectivity index (χ4n) is 3.04. The number of aromatic nitrogens is 1. The summed E-state index contributed by atoms with van der Waals surface area (Å²) in [5.74, 6) is 2.51. The number of halogens is 1. The molecule has 1 aromatic heterocycles. The van der Waals surface area contributed by atoms with E-state index in [2.05, 4.69) is 34.1 Å². The van der Waals surface area contributed by atoms with Crippen molar-refractivity contribution in [1.82, 2.24) is 5.16 Å². The summed E-state index contributed by atoms with van der Waals surface area (Å²) in [7, 11) is 0. The van der Waals surface area contributed by atoms with E-state index in [1.54, 1.807) is 0 Å². The maximum Gasteiger partial charge on any atom is 0.175 e. The third-order valence-electron chi connectivity index (χ3n) is 4.09. The third kappa shape index (κ3) is 2.18. The van der Waals surface area contributed by atoms with Gasteiger partial charge in [0, 0.05) is 16.0 Å². The average molecular weight is 321 g/mol. The van der Waals surface area contributed by atoms with E-state index in [1.165, 1.54) is 12.8 Å². The van der Waals surface area contributed by atoms with E-state index >= 15 is 0 Å². The van der Waals surface area contributed by atoms with Gasteiger partial charge in [0.2, 0.25) is 0 Å². The molecule has 1 fully saturated rings. The molecule has 1 heterocycles. The molecule has 1 aliphatic carbocycles. The van der Waals surface area contributed by atoms with Gasteiger partial charge in [-0.05, 0) is 24.8 Å². The first-order valence-corrected chi connectivity index (χ1v) is 7.47. The molecule has 3 nitrogen and oxygen atoms in total. The van der Waals surface area contributed by atoms with Gasteiger partial charge < -0.3 is 10.3 Å². The van der Waals surface area contributed by atoms with Crippen molar-refractivity contribution in [2.45, 2.75) is 32.1 Å². The molecule has 4 heteroatoms. The Bertz CT molecular complexity index is 594. The quantitative estimate of drug-likeness (QED) is 0.880. The number of nitrogens with two attached hydrogens (primary N) is 1. The highest BCUT2D eigenvalue weighted by molar-refractivity contribution is 9.10. The minimum atomic E-state index is 0.437. The molecule has 0 spiro atoms. The standard InChI is InChI=1S/C15H17BrN2O/c1-9-5-4-7-10(9)14-13(15(17)18-19-14)11-6-2-3-8-12(11)16/h2-3,6,8-10H,4-5,7H2,1H3,(H2,17,18). The zero-order chi connectivity index (χ0) is 13.4. The molecule has 19 heavy (non-hydrogen) atoms. The normalized spacial score (nSPS) is 22.8. The zero-order valence-corrected chi connectivity index (χ0v) is 12.5. The number of rotatable bonds is 2. The van der Waals surface area contributed by atoms with Gasteiger partial charge in [0.15, 0.2) is 5.82 Å². The first-order chi connectivity index (χ1) is 9.18. The van der Waals surface area contributed by atoms with Gasteiger partial charge >= 0.3 is 0 Å². The molecule has 2 N–H and O–H groups in total. The van der Waals surface area contributed by atoms with Crippen LogP contribution in [0.5, 0.6) is 0 Å². The first-order valence-electron chi connectivity index (χ1n) is 6.68. The van der Waals surface area contributed by atoms with Gasteiger partial charge in [-0.15, -0.1) is 0 Å². The lowest BCUT2D eigenvalue weighted by molar-refractivity contribution is 0.341. The van der Waals surface area contributed by atoms with Crippen molar-refractivity contribution in [2.24, 2.45) is 5.92 Å². The minimum absolute atomic E-state index is 0.437. The van der Waals surface area contributed by atoms with E-state index in [0.29, 0.717) is 17.7 Å². The number of hydrogen-bond acceptors (Lipinski definition) is 3. The Balaban J connectivity index is 2.11. The molecule has 2 unspecified atom stereocenters. The molecule has 0 radical (unpaired) electrons. The Kier molecular flexibility index (Phi) is 3.35. The Labute approximate surface area is 121 Å². The van der Waals surface area contributed by atoms with Gasteiger partial charge in [0.25, 0.3) is 0 Å². The monoisotopic (exact) mass is 320 g/mol. The van der Waals surface area contributed by atoms with Crippen LogP contribution in [0.1, 0.15) is 37.9 Å². The summed E-state index contributed by atoms with van der Waals surface area (Å²) < 4.78 is 6.59. The second-order valence-corrected chi connectivity index (χ2v) is 6.16. The van der Waals surface area contributed by atoms with Crippen LogP contribution in [0.2, 0.25) is 0 Å². The van der Waals surface area contributed by atoms with Crippen LogP contribution in [0.4, 0.5) is 5.82 Å². The largest absolute Gasteiger partial charge is 0.380 e. The number of nitrogens with zero attached hydrogens (tertiary/aromatic N) is 1. The first kappa shape index (κ1) is 12.7. The van der Waals surface area contributed by atoms with E-state index in [4.69, 9.17) is 10.3 Å². The number of hydrogen-bond donors (Lipinski definition) is 1. The van der Waals surface area contributed by atoms with Gasteiger partial charge in [0.1, 0.15) is 5.76 Å². The second-order valence-electron chi connectivity index (χ2n) is 5.30. The van der Waals surface area contributed by atoms with Crippen LogP contribution in [0.3, 0.4) is 0 Å². The van der Waals surface area contributed by atoms with Gasteiger partial charge in [-0.1, -0.05) is 52.6 Å². The van der Waals surface area contributed by atoms with Gasteiger partial charge in [0.05, 0.1) is 5.56 Å².